The number of hydrogen-bond donors (Lipinski definition) is 2. The van der Waals surface area contributed by atoms with E-state index < -0.39 is 0 Å². The zero-order valence-electron chi connectivity index (χ0n) is 12.4. The number of nitrogens with one attached hydrogen (secondary N) is 2. The number of ether oxygens (including phenoxy) is 2. The minimum Gasteiger partial charge on any atom is -0.382 e. The van der Waals surface area contributed by atoms with E-state index in [0.29, 0.717) is 25.4 Å². The Labute approximate surface area is 129 Å². The molecule has 0 saturated carbocycles. The third-order valence-electron chi connectivity index (χ3n) is 2.60. The predicted octanol–water partition coefficient (Wildman–Crippen LogP) is 0.818. The van der Waals surface area contributed by atoms with E-state index in [4.69, 9.17) is 14.7 Å². The van der Waals surface area contributed by atoms with Crippen molar-refractivity contribution in [2.45, 2.75) is 13.0 Å². The standard InChI is InChI=1S/C15H19N3O4/c1-21-7-8-22-11-15(20)18-13-4-2-3-12(9-13)10-17-14(19)5-6-16/h2-4,9H,5,7-8,10-11H2,1H3,(H,17,19)(H,18,20). The van der Waals surface area contributed by atoms with E-state index in [0.717, 1.165) is 5.56 Å². The predicted molar refractivity (Wildman–Crippen MR) is 79.8 cm³/mol. The molecule has 0 fully saturated rings. The van der Waals surface area contributed by atoms with Crippen molar-refractivity contribution < 1.29 is 19.1 Å². The van der Waals surface area contributed by atoms with Gasteiger partial charge >= 0.3 is 0 Å². The summed E-state index contributed by atoms with van der Waals surface area (Å²) in [5.74, 6) is -0.592. The van der Waals surface area contributed by atoms with Gasteiger partial charge in [0.15, 0.2) is 0 Å². The number of nitriles is 1. The van der Waals surface area contributed by atoms with E-state index in [9.17, 15) is 9.59 Å². The van der Waals surface area contributed by atoms with E-state index in [2.05, 4.69) is 10.6 Å². The average Bonchev–Trinajstić information content (AvgIpc) is 2.50. The van der Waals surface area contributed by atoms with Crippen molar-refractivity contribution in [3.8, 4) is 6.07 Å². The van der Waals surface area contributed by atoms with Gasteiger partial charge in [0.2, 0.25) is 11.8 Å². The van der Waals surface area contributed by atoms with Crippen LogP contribution in [0.2, 0.25) is 0 Å². The minimum absolute atomic E-state index is 0.0491. The van der Waals surface area contributed by atoms with Crippen LogP contribution in [0.1, 0.15) is 12.0 Å². The molecule has 118 valence electrons. The molecular weight excluding hydrogens is 286 g/mol. The summed E-state index contributed by atoms with van der Waals surface area (Å²) in [6.45, 7) is 1.04. The maximum atomic E-state index is 11.7. The molecule has 0 unspecified atom stereocenters. The van der Waals surface area contributed by atoms with E-state index in [1.165, 1.54) is 0 Å². The molecule has 0 saturated heterocycles. The Bertz CT molecular complexity index is 540. The highest BCUT2D eigenvalue weighted by atomic mass is 16.5. The van der Waals surface area contributed by atoms with Crippen LogP contribution in [0.15, 0.2) is 24.3 Å². The largest absolute Gasteiger partial charge is 0.382 e. The number of anilines is 1. The van der Waals surface area contributed by atoms with Crippen molar-refractivity contribution in [1.82, 2.24) is 5.32 Å². The van der Waals surface area contributed by atoms with Crippen molar-refractivity contribution in [3.63, 3.8) is 0 Å². The highest BCUT2D eigenvalue weighted by Gasteiger charge is 2.04. The summed E-state index contributed by atoms with van der Waals surface area (Å²) >= 11 is 0. The zero-order chi connectivity index (χ0) is 16.2. The molecule has 0 atom stereocenters. The van der Waals surface area contributed by atoms with Gasteiger partial charge in [-0.05, 0) is 17.7 Å². The van der Waals surface area contributed by atoms with Crippen molar-refractivity contribution in [2.75, 3.05) is 32.2 Å². The first-order valence-electron chi connectivity index (χ1n) is 6.75. The van der Waals surface area contributed by atoms with Crippen LogP contribution >= 0.6 is 0 Å². The molecule has 0 aliphatic carbocycles. The van der Waals surface area contributed by atoms with Crippen LogP contribution < -0.4 is 10.6 Å². The van der Waals surface area contributed by atoms with Gasteiger partial charge in [-0.2, -0.15) is 5.26 Å². The van der Waals surface area contributed by atoms with Gasteiger partial charge in [0.25, 0.3) is 0 Å². The van der Waals surface area contributed by atoms with Gasteiger partial charge in [-0.15, -0.1) is 0 Å². The molecule has 0 aromatic heterocycles. The maximum absolute atomic E-state index is 11.7. The summed E-state index contributed by atoms with van der Waals surface area (Å²) in [5.41, 5.74) is 1.44. The van der Waals surface area contributed by atoms with Gasteiger partial charge in [-0.25, -0.2) is 0 Å². The average molecular weight is 305 g/mol. The van der Waals surface area contributed by atoms with Crippen LogP contribution in [-0.2, 0) is 25.6 Å². The van der Waals surface area contributed by atoms with E-state index in [1.807, 2.05) is 6.07 Å². The first-order valence-corrected chi connectivity index (χ1v) is 6.75. The topological polar surface area (TPSA) is 100 Å². The molecule has 0 aliphatic rings. The summed E-state index contributed by atoms with van der Waals surface area (Å²) in [7, 11) is 1.56. The molecule has 22 heavy (non-hydrogen) atoms. The highest BCUT2D eigenvalue weighted by molar-refractivity contribution is 5.91. The molecule has 0 radical (unpaired) electrons. The molecule has 2 amide bonds. The fourth-order valence-electron chi connectivity index (χ4n) is 1.60. The Morgan fingerprint density at radius 1 is 1.27 bits per heavy atom. The van der Waals surface area contributed by atoms with Crippen LogP contribution in [-0.4, -0.2) is 38.7 Å². The number of hydrogen-bond acceptors (Lipinski definition) is 5. The number of methoxy groups -OCH3 is 1. The summed E-state index contributed by atoms with van der Waals surface area (Å²) in [4.78, 5) is 22.9. The molecule has 1 aromatic rings. The number of carbonyl (C=O) groups excluding carboxylic acids is 2. The number of nitrogens with zero attached hydrogens (tertiary/aromatic N) is 1. The van der Waals surface area contributed by atoms with Crippen LogP contribution in [0.4, 0.5) is 5.69 Å². The van der Waals surface area contributed by atoms with E-state index in [-0.39, 0.29) is 24.8 Å². The Kier molecular flexibility index (Phi) is 8.27. The van der Waals surface area contributed by atoms with Gasteiger partial charge in [0.05, 0.1) is 19.3 Å². The molecule has 7 nitrogen and oxygen atoms in total. The van der Waals surface area contributed by atoms with Crippen molar-refractivity contribution in [2.24, 2.45) is 0 Å². The SMILES string of the molecule is COCCOCC(=O)Nc1cccc(CNC(=O)CC#N)c1. The molecule has 0 spiro atoms. The Morgan fingerprint density at radius 3 is 2.82 bits per heavy atom. The molecule has 7 heteroatoms. The lowest BCUT2D eigenvalue weighted by Gasteiger charge is -2.08. The number of benzene rings is 1. The number of carbonyl (C=O) groups is 2. The van der Waals surface area contributed by atoms with E-state index in [1.54, 1.807) is 31.4 Å². The third-order valence-corrected chi connectivity index (χ3v) is 2.60. The van der Waals surface area contributed by atoms with Gasteiger partial charge in [0, 0.05) is 19.3 Å². The fraction of sp³-hybridized carbons (Fsp3) is 0.400. The second kappa shape index (κ2) is 10.3. The van der Waals surface area contributed by atoms with E-state index >= 15 is 0 Å². The molecule has 0 aliphatic heterocycles. The lowest BCUT2D eigenvalue weighted by atomic mass is 10.2. The van der Waals surface area contributed by atoms with Gasteiger partial charge in [-0.1, -0.05) is 12.1 Å². The normalized spacial score (nSPS) is 9.82. The molecule has 0 heterocycles. The smallest absolute Gasteiger partial charge is 0.250 e. The highest BCUT2D eigenvalue weighted by Crippen LogP contribution is 2.10. The molecular formula is C15H19N3O4. The second-order valence-corrected chi connectivity index (χ2v) is 4.41. The van der Waals surface area contributed by atoms with Gasteiger partial charge in [-0.3, -0.25) is 9.59 Å². The minimum atomic E-state index is -0.330. The monoisotopic (exact) mass is 305 g/mol. The van der Waals surface area contributed by atoms with Crippen LogP contribution in [0.3, 0.4) is 0 Å². The molecule has 1 aromatic carbocycles. The maximum Gasteiger partial charge on any atom is 0.250 e. The lowest BCUT2D eigenvalue weighted by Crippen LogP contribution is -2.22. The van der Waals surface area contributed by atoms with Crippen LogP contribution in [0.25, 0.3) is 0 Å². The van der Waals surface area contributed by atoms with Gasteiger partial charge in [0.1, 0.15) is 13.0 Å². The molecule has 2 N–H and O–H groups in total. The summed E-state index contributed by atoms with van der Waals surface area (Å²) in [6.07, 6.45) is -0.171. The van der Waals surface area contributed by atoms with Crippen molar-refractivity contribution >= 4 is 17.5 Å². The fourth-order valence-corrected chi connectivity index (χ4v) is 1.60. The summed E-state index contributed by atoms with van der Waals surface area (Å²) in [5, 5.41) is 13.7. The first kappa shape index (κ1) is 17.6. The molecule has 0 bridgehead atoms. The number of amides is 2. The Morgan fingerprint density at radius 2 is 2.09 bits per heavy atom. The summed E-state index contributed by atoms with van der Waals surface area (Å²) < 4.78 is 9.93. The Balaban J connectivity index is 2.41. The number of rotatable bonds is 9. The lowest BCUT2D eigenvalue weighted by molar-refractivity contribution is -0.121. The van der Waals surface area contributed by atoms with Crippen LogP contribution in [0.5, 0.6) is 0 Å². The zero-order valence-corrected chi connectivity index (χ0v) is 12.4. The van der Waals surface area contributed by atoms with Gasteiger partial charge < -0.3 is 20.1 Å². The van der Waals surface area contributed by atoms with Crippen molar-refractivity contribution in [1.29, 1.82) is 5.26 Å². The Hall–Kier alpha value is -2.43. The molecule has 1 rings (SSSR count). The first-order chi connectivity index (χ1) is 10.7. The van der Waals surface area contributed by atoms with Crippen LogP contribution in [0, 0.1) is 11.3 Å². The second-order valence-electron chi connectivity index (χ2n) is 4.41. The third kappa shape index (κ3) is 7.38. The summed E-state index contributed by atoms with van der Waals surface area (Å²) in [6, 6.07) is 8.86. The van der Waals surface area contributed by atoms with Crippen molar-refractivity contribution in [3.05, 3.63) is 29.8 Å². The quantitative estimate of drug-likeness (QED) is 0.658.